The van der Waals surface area contributed by atoms with Crippen molar-refractivity contribution in [2.45, 2.75) is 38.4 Å². The minimum absolute atomic E-state index is 0.177. The Morgan fingerprint density at radius 3 is 2.62 bits per heavy atom. The van der Waals surface area contributed by atoms with Gasteiger partial charge in [0.25, 0.3) is 0 Å². The van der Waals surface area contributed by atoms with E-state index in [1.54, 1.807) is 0 Å². The monoisotopic (exact) mass is 238 g/mol. The van der Waals surface area contributed by atoms with Crippen LogP contribution >= 0.6 is 0 Å². The fraction of sp³-hybridized carbons (Fsp3) is 0.900. The lowest BCUT2D eigenvalue weighted by Gasteiger charge is -2.39. The molecule has 1 heterocycles. The van der Waals surface area contributed by atoms with Gasteiger partial charge in [0.1, 0.15) is 6.42 Å². The van der Waals surface area contributed by atoms with E-state index in [1.807, 2.05) is 6.92 Å². The van der Waals surface area contributed by atoms with Gasteiger partial charge in [0, 0.05) is 19.1 Å². The molecule has 94 valence electrons. The van der Waals surface area contributed by atoms with E-state index < -0.39 is 18.5 Å². The second-order valence-corrected chi connectivity index (χ2v) is 4.30. The first-order valence-corrected chi connectivity index (χ1v) is 5.41. The molecule has 1 saturated heterocycles. The van der Waals surface area contributed by atoms with E-state index in [1.165, 1.54) is 4.90 Å². The van der Waals surface area contributed by atoms with Gasteiger partial charge in [-0.25, -0.2) is 0 Å². The van der Waals surface area contributed by atoms with Crippen LogP contribution in [0.25, 0.3) is 0 Å². The van der Waals surface area contributed by atoms with Crippen molar-refractivity contribution in [3.05, 3.63) is 0 Å². The van der Waals surface area contributed by atoms with Crippen LogP contribution in [0.1, 0.15) is 26.2 Å². The number of carbonyl (C=O) groups excluding carboxylic acids is 1. The molecule has 1 aliphatic heterocycles. The van der Waals surface area contributed by atoms with Gasteiger partial charge in [0.05, 0.1) is 0 Å². The summed E-state index contributed by atoms with van der Waals surface area (Å²) < 4.78 is 36.3. The van der Waals surface area contributed by atoms with Crippen molar-refractivity contribution in [2.24, 2.45) is 11.7 Å². The number of nitrogens with two attached hydrogens (primary N) is 1. The van der Waals surface area contributed by atoms with Crippen LogP contribution in [-0.2, 0) is 4.79 Å². The molecule has 1 rings (SSSR count). The van der Waals surface area contributed by atoms with Crippen LogP contribution in [0.2, 0.25) is 0 Å². The summed E-state index contributed by atoms with van der Waals surface area (Å²) in [5.41, 5.74) is 5.51. The number of piperidine rings is 1. The third-order valence-corrected chi connectivity index (χ3v) is 3.03. The molecule has 0 radical (unpaired) electrons. The Morgan fingerprint density at radius 2 is 2.12 bits per heavy atom. The third-order valence-electron chi connectivity index (χ3n) is 3.03. The average Bonchev–Trinajstić information content (AvgIpc) is 2.14. The summed E-state index contributed by atoms with van der Waals surface area (Å²) in [6.45, 7) is 2.54. The molecule has 0 spiro atoms. The van der Waals surface area contributed by atoms with Crippen LogP contribution in [-0.4, -0.2) is 36.1 Å². The van der Waals surface area contributed by atoms with Gasteiger partial charge in [-0.15, -0.1) is 0 Å². The molecule has 1 amide bonds. The molecule has 0 aromatic heterocycles. The highest BCUT2D eigenvalue weighted by atomic mass is 19.4. The van der Waals surface area contributed by atoms with Crippen molar-refractivity contribution in [3.63, 3.8) is 0 Å². The number of alkyl halides is 3. The Bertz CT molecular complexity index is 255. The van der Waals surface area contributed by atoms with Crippen LogP contribution in [0.5, 0.6) is 0 Å². The second-order valence-electron chi connectivity index (χ2n) is 4.30. The van der Waals surface area contributed by atoms with E-state index in [0.717, 1.165) is 12.8 Å². The quantitative estimate of drug-likeness (QED) is 0.793. The van der Waals surface area contributed by atoms with Crippen LogP contribution in [0.4, 0.5) is 13.2 Å². The Balaban J connectivity index is 2.66. The van der Waals surface area contributed by atoms with Crippen molar-refractivity contribution >= 4 is 5.91 Å². The molecular weight excluding hydrogens is 221 g/mol. The summed E-state index contributed by atoms with van der Waals surface area (Å²) in [5, 5.41) is 0. The smallest absolute Gasteiger partial charge is 0.338 e. The minimum Gasteiger partial charge on any atom is -0.338 e. The average molecular weight is 238 g/mol. The van der Waals surface area contributed by atoms with E-state index >= 15 is 0 Å². The van der Waals surface area contributed by atoms with Gasteiger partial charge in [-0.2, -0.15) is 13.2 Å². The Labute approximate surface area is 92.8 Å². The fourth-order valence-corrected chi connectivity index (χ4v) is 2.19. The number of halogens is 3. The first kappa shape index (κ1) is 13.3. The van der Waals surface area contributed by atoms with Gasteiger partial charge in [0.15, 0.2) is 0 Å². The highest BCUT2D eigenvalue weighted by Gasteiger charge is 2.37. The molecule has 1 aliphatic rings. The number of hydrogen-bond donors (Lipinski definition) is 1. The van der Waals surface area contributed by atoms with E-state index in [2.05, 4.69) is 0 Å². The highest BCUT2D eigenvalue weighted by Crippen LogP contribution is 2.26. The maximum Gasteiger partial charge on any atom is 0.397 e. The van der Waals surface area contributed by atoms with Crippen LogP contribution in [0.3, 0.4) is 0 Å². The number of amides is 1. The maximum atomic E-state index is 12.1. The Morgan fingerprint density at radius 1 is 1.50 bits per heavy atom. The van der Waals surface area contributed by atoms with E-state index in [4.69, 9.17) is 5.73 Å². The third kappa shape index (κ3) is 3.37. The molecule has 0 aromatic rings. The van der Waals surface area contributed by atoms with Crippen LogP contribution in [0.15, 0.2) is 0 Å². The van der Waals surface area contributed by atoms with Crippen molar-refractivity contribution in [2.75, 3.05) is 13.1 Å². The van der Waals surface area contributed by atoms with Crippen molar-refractivity contribution in [3.8, 4) is 0 Å². The predicted octanol–water partition coefficient (Wildman–Crippen LogP) is 1.52. The highest BCUT2D eigenvalue weighted by molar-refractivity contribution is 5.77. The Kier molecular flexibility index (Phi) is 4.18. The molecule has 16 heavy (non-hydrogen) atoms. The molecule has 2 atom stereocenters. The standard InChI is InChI=1S/C10H17F3N2O/c1-7-3-2-4-15(8(7)6-14)9(16)5-10(11,12)13/h7-8H,2-6,14H2,1H3. The summed E-state index contributed by atoms with van der Waals surface area (Å²) in [5.74, 6) is -0.676. The lowest BCUT2D eigenvalue weighted by molar-refractivity contribution is -0.164. The first-order chi connectivity index (χ1) is 7.35. The van der Waals surface area contributed by atoms with Crippen molar-refractivity contribution in [1.29, 1.82) is 0 Å². The maximum absolute atomic E-state index is 12.1. The number of rotatable bonds is 2. The molecule has 0 aromatic carbocycles. The van der Waals surface area contributed by atoms with Crippen molar-refractivity contribution < 1.29 is 18.0 Å². The molecule has 0 bridgehead atoms. The zero-order valence-electron chi connectivity index (χ0n) is 9.26. The van der Waals surface area contributed by atoms with E-state index in [-0.39, 0.29) is 18.5 Å². The van der Waals surface area contributed by atoms with E-state index in [0.29, 0.717) is 6.54 Å². The van der Waals surface area contributed by atoms with Gasteiger partial charge >= 0.3 is 6.18 Å². The van der Waals surface area contributed by atoms with Gasteiger partial charge in [-0.1, -0.05) is 6.92 Å². The normalized spacial score (nSPS) is 26.9. The van der Waals surface area contributed by atoms with Crippen LogP contribution < -0.4 is 5.73 Å². The number of likely N-dealkylation sites (tertiary alicyclic amines) is 1. The molecule has 3 nitrogen and oxygen atoms in total. The van der Waals surface area contributed by atoms with Crippen molar-refractivity contribution in [1.82, 2.24) is 4.90 Å². The molecule has 0 saturated carbocycles. The molecule has 1 fully saturated rings. The largest absolute Gasteiger partial charge is 0.397 e. The summed E-state index contributed by atoms with van der Waals surface area (Å²) in [4.78, 5) is 12.8. The summed E-state index contributed by atoms with van der Waals surface area (Å²) in [7, 11) is 0. The molecular formula is C10H17F3N2O. The molecule has 6 heteroatoms. The van der Waals surface area contributed by atoms with Gasteiger partial charge in [0.2, 0.25) is 5.91 Å². The zero-order chi connectivity index (χ0) is 12.3. The van der Waals surface area contributed by atoms with E-state index in [9.17, 15) is 18.0 Å². The summed E-state index contributed by atoms with van der Waals surface area (Å²) >= 11 is 0. The predicted molar refractivity (Wildman–Crippen MR) is 53.6 cm³/mol. The summed E-state index contributed by atoms with van der Waals surface area (Å²) in [6.07, 6.45) is -4.15. The topological polar surface area (TPSA) is 46.3 Å². The van der Waals surface area contributed by atoms with Gasteiger partial charge in [-0.3, -0.25) is 4.79 Å². The minimum atomic E-state index is -4.43. The number of nitrogens with zero attached hydrogens (tertiary/aromatic N) is 1. The molecule has 2 N–H and O–H groups in total. The number of carbonyl (C=O) groups is 1. The van der Waals surface area contributed by atoms with Crippen LogP contribution in [0, 0.1) is 5.92 Å². The lowest BCUT2D eigenvalue weighted by Crippen LogP contribution is -2.52. The SMILES string of the molecule is CC1CCCN(C(=O)CC(F)(F)F)C1CN. The Hall–Kier alpha value is -0.780. The number of hydrogen-bond acceptors (Lipinski definition) is 2. The van der Waals surface area contributed by atoms with Gasteiger partial charge < -0.3 is 10.6 Å². The zero-order valence-corrected chi connectivity index (χ0v) is 9.26. The summed E-state index contributed by atoms with van der Waals surface area (Å²) in [6, 6.07) is -0.247. The molecule has 0 aliphatic carbocycles. The first-order valence-electron chi connectivity index (χ1n) is 5.41. The second kappa shape index (κ2) is 5.03. The molecule has 2 unspecified atom stereocenters. The van der Waals surface area contributed by atoms with Gasteiger partial charge in [-0.05, 0) is 18.8 Å². The lowest BCUT2D eigenvalue weighted by atomic mass is 9.90. The fourth-order valence-electron chi connectivity index (χ4n) is 2.19.